The van der Waals surface area contributed by atoms with Crippen LogP contribution >= 0.6 is 0 Å². The van der Waals surface area contributed by atoms with Crippen LogP contribution in [0.2, 0.25) is 0 Å². The van der Waals surface area contributed by atoms with E-state index in [2.05, 4.69) is 0 Å². The van der Waals surface area contributed by atoms with Gasteiger partial charge in [-0.25, -0.2) is 8.78 Å². The molecule has 0 spiro atoms. The standard InChI is InChI=1S/C13H6F5/c14-10-4-5-12(15)11(7-10)8-2-1-3-9(6-8)13(16,17)18/h1-2,4-7H. The summed E-state index contributed by atoms with van der Waals surface area (Å²) in [5, 5.41) is 0. The molecule has 2 aromatic rings. The van der Waals surface area contributed by atoms with Crippen LogP contribution in [0, 0.1) is 17.7 Å². The van der Waals surface area contributed by atoms with Gasteiger partial charge in [0, 0.05) is 5.56 Å². The Morgan fingerprint density at radius 1 is 0.944 bits per heavy atom. The molecule has 1 radical (unpaired) electrons. The summed E-state index contributed by atoms with van der Waals surface area (Å²) in [6, 6.07) is 7.64. The molecule has 0 aliphatic heterocycles. The molecule has 2 aromatic carbocycles. The summed E-state index contributed by atoms with van der Waals surface area (Å²) in [6.45, 7) is 0. The van der Waals surface area contributed by atoms with Crippen LogP contribution in [0.25, 0.3) is 11.1 Å². The predicted octanol–water partition coefficient (Wildman–Crippen LogP) is 4.45. The first-order valence-corrected chi connectivity index (χ1v) is 4.92. The fraction of sp³-hybridized carbons (Fsp3) is 0.0769. The van der Waals surface area contributed by atoms with E-state index in [1.807, 2.05) is 6.07 Å². The molecule has 0 atom stereocenters. The van der Waals surface area contributed by atoms with E-state index in [1.165, 1.54) is 6.07 Å². The Morgan fingerprint density at radius 3 is 2.33 bits per heavy atom. The quantitative estimate of drug-likeness (QED) is 0.662. The summed E-state index contributed by atoms with van der Waals surface area (Å²) < 4.78 is 63.8. The van der Waals surface area contributed by atoms with Crippen LogP contribution in [-0.2, 0) is 6.18 Å². The van der Waals surface area contributed by atoms with Gasteiger partial charge in [0.2, 0.25) is 0 Å². The van der Waals surface area contributed by atoms with E-state index in [0.717, 1.165) is 30.3 Å². The lowest BCUT2D eigenvalue weighted by Crippen LogP contribution is -2.05. The van der Waals surface area contributed by atoms with Crippen LogP contribution in [0.15, 0.2) is 36.4 Å². The topological polar surface area (TPSA) is 0 Å². The molecule has 5 heteroatoms. The van der Waals surface area contributed by atoms with Crippen molar-refractivity contribution in [3.63, 3.8) is 0 Å². The van der Waals surface area contributed by atoms with Gasteiger partial charge in [0.25, 0.3) is 0 Å². The number of alkyl halides is 3. The SMILES string of the molecule is Fc1ccc(F)c(-c2cc[c]c(C(F)(F)F)c2)c1. The molecule has 18 heavy (non-hydrogen) atoms. The van der Waals surface area contributed by atoms with Crippen LogP contribution < -0.4 is 0 Å². The number of benzene rings is 2. The third kappa shape index (κ3) is 2.50. The van der Waals surface area contributed by atoms with Crippen LogP contribution in [0.1, 0.15) is 5.56 Å². The van der Waals surface area contributed by atoms with Crippen molar-refractivity contribution in [1.82, 2.24) is 0 Å². The van der Waals surface area contributed by atoms with Gasteiger partial charge >= 0.3 is 6.18 Å². The van der Waals surface area contributed by atoms with Crippen LogP contribution in [0.3, 0.4) is 0 Å². The predicted molar refractivity (Wildman–Crippen MR) is 55.6 cm³/mol. The van der Waals surface area contributed by atoms with Gasteiger partial charge in [-0.2, -0.15) is 13.2 Å². The molecule has 0 aromatic heterocycles. The van der Waals surface area contributed by atoms with Crippen LogP contribution in [0.4, 0.5) is 22.0 Å². The molecule has 0 aliphatic carbocycles. The Kier molecular flexibility index (Phi) is 3.07. The third-order valence-electron chi connectivity index (χ3n) is 2.35. The van der Waals surface area contributed by atoms with Crippen molar-refractivity contribution in [1.29, 1.82) is 0 Å². The van der Waals surface area contributed by atoms with E-state index in [0.29, 0.717) is 0 Å². The Morgan fingerprint density at radius 2 is 1.67 bits per heavy atom. The number of halogens is 5. The van der Waals surface area contributed by atoms with Crippen LogP contribution in [0.5, 0.6) is 0 Å². The van der Waals surface area contributed by atoms with E-state index in [4.69, 9.17) is 0 Å². The summed E-state index contributed by atoms with van der Waals surface area (Å²) in [5.74, 6) is -1.50. The minimum absolute atomic E-state index is 0.0434. The molecule has 0 heterocycles. The molecule has 0 amide bonds. The minimum atomic E-state index is -4.57. The molecule has 0 fully saturated rings. The van der Waals surface area contributed by atoms with Crippen LogP contribution in [-0.4, -0.2) is 0 Å². The van der Waals surface area contributed by atoms with Crippen molar-refractivity contribution in [2.45, 2.75) is 6.18 Å². The van der Waals surface area contributed by atoms with Gasteiger partial charge in [0.15, 0.2) is 0 Å². The van der Waals surface area contributed by atoms with Crippen molar-refractivity contribution >= 4 is 0 Å². The Bertz CT molecular complexity index is 572. The zero-order chi connectivity index (χ0) is 13.3. The highest BCUT2D eigenvalue weighted by Gasteiger charge is 2.30. The molecule has 0 nitrogen and oxygen atoms in total. The van der Waals surface area contributed by atoms with Gasteiger partial charge in [-0.05, 0) is 35.9 Å². The summed E-state index contributed by atoms with van der Waals surface area (Å²) in [5.41, 5.74) is -1.28. The summed E-state index contributed by atoms with van der Waals surface area (Å²) in [6.07, 6.45) is -4.57. The fourth-order valence-electron chi connectivity index (χ4n) is 1.52. The maximum atomic E-state index is 13.4. The van der Waals surface area contributed by atoms with Gasteiger partial charge in [-0.3, -0.25) is 0 Å². The average Bonchev–Trinajstić information content (AvgIpc) is 2.31. The van der Waals surface area contributed by atoms with Gasteiger partial charge in [0.05, 0.1) is 5.56 Å². The molecule has 0 aliphatic rings. The highest BCUT2D eigenvalue weighted by Crippen LogP contribution is 2.32. The highest BCUT2D eigenvalue weighted by atomic mass is 19.4. The van der Waals surface area contributed by atoms with Gasteiger partial charge < -0.3 is 0 Å². The normalized spacial score (nSPS) is 11.6. The molecule has 0 bridgehead atoms. The zero-order valence-corrected chi connectivity index (χ0v) is 8.85. The first-order valence-electron chi connectivity index (χ1n) is 4.92. The second-order valence-electron chi connectivity index (χ2n) is 3.61. The lowest BCUT2D eigenvalue weighted by atomic mass is 10.0. The summed E-state index contributed by atoms with van der Waals surface area (Å²) >= 11 is 0. The van der Waals surface area contributed by atoms with Gasteiger partial charge in [0.1, 0.15) is 11.6 Å². The largest absolute Gasteiger partial charge is 0.417 e. The Hall–Kier alpha value is -1.91. The van der Waals surface area contributed by atoms with Crippen molar-refractivity contribution in [2.75, 3.05) is 0 Å². The number of rotatable bonds is 1. The van der Waals surface area contributed by atoms with E-state index >= 15 is 0 Å². The molecule has 2 rings (SSSR count). The van der Waals surface area contributed by atoms with E-state index in [-0.39, 0.29) is 11.1 Å². The third-order valence-corrected chi connectivity index (χ3v) is 2.35. The monoisotopic (exact) mass is 257 g/mol. The molecular formula is C13H6F5. The average molecular weight is 257 g/mol. The first-order chi connectivity index (χ1) is 8.38. The maximum absolute atomic E-state index is 13.4. The van der Waals surface area contributed by atoms with Gasteiger partial charge in [-0.1, -0.05) is 12.1 Å². The Balaban J connectivity index is 2.55. The summed E-state index contributed by atoms with van der Waals surface area (Å²) in [4.78, 5) is 0. The molecule has 0 unspecified atom stereocenters. The fourth-order valence-corrected chi connectivity index (χ4v) is 1.52. The van der Waals surface area contributed by atoms with Crippen molar-refractivity contribution < 1.29 is 22.0 Å². The lowest BCUT2D eigenvalue weighted by Gasteiger charge is -2.09. The highest BCUT2D eigenvalue weighted by molar-refractivity contribution is 5.65. The van der Waals surface area contributed by atoms with Crippen molar-refractivity contribution in [3.8, 4) is 11.1 Å². The number of hydrogen-bond acceptors (Lipinski definition) is 0. The lowest BCUT2D eigenvalue weighted by molar-refractivity contribution is -0.137. The van der Waals surface area contributed by atoms with E-state index in [1.54, 1.807) is 0 Å². The van der Waals surface area contributed by atoms with Crippen molar-refractivity contribution in [3.05, 3.63) is 59.7 Å². The molecule has 0 saturated carbocycles. The van der Waals surface area contributed by atoms with Crippen molar-refractivity contribution in [2.24, 2.45) is 0 Å². The smallest absolute Gasteiger partial charge is 0.207 e. The van der Waals surface area contributed by atoms with E-state index in [9.17, 15) is 22.0 Å². The minimum Gasteiger partial charge on any atom is -0.207 e. The second-order valence-corrected chi connectivity index (χ2v) is 3.61. The Labute approximate surface area is 99.7 Å². The first kappa shape index (κ1) is 12.5. The van der Waals surface area contributed by atoms with Gasteiger partial charge in [-0.15, -0.1) is 0 Å². The molecule has 0 N–H and O–H groups in total. The number of hydrogen-bond donors (Lipinski definition) is 0. The molecule has 93 valence electrons. The summed E-state index contributed by atoms with van der Waals surface area (Å²) in [7, 11) is 0. The molecule has 0 saturated heterocycles. The second kappa shape index (κ2) is 4.40. The van der Waals surface area contributed by atoms with E-state index < -0.39 is 23.4 Å². The molecular weight excluding hydrogens is 251 g/mol. The zero-order valence-electron chi connectivity index (χ0n) is 8.85. The maximum Gasteiger partial charge on any atom is 0.417 e.